The van der Waals surface area contributed by atoms with Crippen LogP contribution in [0.25, 0.3) is 0 Å². The predicted octanol–water partition coefficient (Wildman–Crippen LogP) is 4.54. The van der Waals surface area contributed by atoms with Gasteiger partial charge in [-0.2, -0.15) is 5.10 Å². The predicted molar refractivity (Wildman–Crippen MR) is 123 cm³/mol. The number of rotatable bonds is 7. The molecule has 7 heteroatoms. The number of nitrogens with zero attached hydrogens (tertiary/aromatic N) is 3. The lowest BCUT2D eigenvalue weighted by atomic mass is 10.1. The lowest BCUT2D eigenvalue weighted by molar-refractivity contribution is -0.132. The molecule has 0 saturated carbocycles. The summed E-state index contributed by atoms with van der Waals surface area (Å²) in [6.07, 6.45) is 4.24. The fraction of sp³-hybridized carbons (Fsp3) is 0.200. The number of hydrogen-bond donors (Lipinski definition) is 1. The fourth-order valence-electron chi connectivity index (χ4n) is 3.42. The van der Waals surface area contributed by atoms with E-state index in [4.69, 9.17) is 4.74 Å². The molecule has 0 unspecified atom stereocenters. The zero-order chi connectivity index (χ0) is 22.3. The number of pyridine rings is 1. The van der Waals surface area contributed by atoms with E-state index in [1.807, 2.05) is 49.4 Å². The molecule has 0 aliphatic carbocycles. The molecule has 2 amide bonds. The van der Waals surface area contributed by atoms with Crippen LogP contribution in [0.3, 0.4) is 0 Å². The summed E-state index contributed by atoms with van der Waals surface area (Å²) >= 11 is 0. The number of amides is 2. The van der Waals surface area contributed by atoms with Gasteiger partial charge in [0.05, 0.1) is 18.5 Å². The molecule has 0 spiro atoms. The van der Waals surface area contributed by atoms with Crippen molar-refractivity contribution in [2.75, 3.05) is 11.9 Å². The first kappa shape index (κ1) is 21.2. The van der Waals surface area contributed by atoms with E-state index in [0.717, 1.165) is 16.8 Å². The number of carbonyl (C=O) groups excluding carboxylic acids is 2. The summed E-state index contributed by atoms with van der Waals surface area (Å²) in [5.41, 5.74) is 3.45. The minimum atomic E-state index is -0.217. The SMILES string of the molecule is Cc1cc(NC(=O)CCC(=O)N2CCC(c3ccccc3)=N2)ccc1Oc1cccnc1. The third-order valence-corrected chi connectivity index (χ3v) is 5.08. The van der Waals surface area contributed by atoms with Crippen LogP contribution in [0, 0.1) is 6.92 Å². The van der Waals surface area contributed by atoms with Crippen LogP contribution in [0.5, 0.6) is 11.5 Å². The Hall–Kier alpha value is -4.00. The van der Waals surface area contributed by atoms with Gasteiger partial charge in [0.2, 0.25) is 11.8 Å². The van der Waals surface area contributed by atoms with Crippen LogP contribution in [-0.2, 0) is 9.59 Å². The maximum Gasteiger partial charge on any atom is 0.243 e. The third kappa shape index (κ3) is 5.37. The van der Waals surface area contributed by atoms with Crippen LogP contribution in [0.2, 0.25) is 0 Å². The van der Waals surface area contributed by atoms with E-state index in [1.54, 1.807) is 30.6 Å². The number of hydrogen-bond acceptors (Lipinski definition) is 5. The number of hydrazone groups is 1. The molecule has 0 saturated heterocycles. The Bertz CT molecular complexity index is 1130. The molecule has 0 radical (unpaired) electrons. The van der Waals surface area contributed by atoms with Crippen LogP contribution >= 0.6 is 0 Å². The number of benzene rings is 2. The Morgan fingerprint density at radius 3 is 2.66 bits per heavy atom. The number of ether oxygens (including phenoxy) is 1. The number of aryl methyl sites for hydroxylation is 1. The molecule has 1 N–H and O–H groups in total. The van der Waals surface area contributed by atoms with Crippen molar-refractivity contribution in [3.8, 4) is 11.5 Å². The highest BCUT2D eigenvalue weighted by atomic mass is 16.5. The van der Waals surface area contributed by atoms with Crippen molar-refractivity contribution < 1.29 is 14.3 Å². The largest absolute Gasteiger partial charge is 0.455 e. The summed E-state index contributed by atoms with van der Waals surface area (Å²) in [7, 11) is 0. The van der Waals surface area contributed by atoms with Crippen molar-refractivity contribution in [1.29, 1.82) is 0 Å². The highest BCUT2D eigenvalue weighted by Crippen LogP contribution is 2.27. The van der Waals surface area contributed by atoms with Crippen LogP contribution < -0.4 is 10.1 Å². The zero-order valence-corrected chi connectivity index (χ0v) is 17.8. The number of anilines is 1. The van der Waals surface area contributed by atoms with Gasteiger partial charge in [-0.05, 0) is 48.4 Å². The van der Waals surface area contributed by atoms with Gasteiger partial charge in [-0.25, -0.2) is 5.01 Å². The Morgan fingerprint density at radius 1 is 1.06 bits per heavy atom. The fourth-order valence-corrected chi connectivity index (χ4v) is 3.42. The van der Waals surface area contributed by atoms with Gasteiger partial charge in [0.1, 0.15) is 11.5 Å². The lowest BCUT2D eigenvalue weighted by Gasteiger charge is -2.12. The van der Waals surface area contributed by atoms with Crippen LogP contribution in [0.1, 0.15) is 30.4 Å². The minimum absolute atomic E-state index is 0.0957. The molecule has 0 fully saturated rings. The van der Waals surface area contributed by atoms with E-state index >= 15 is 0 Å². The molecule has 3 aromatic rings. The van der Waals surface area contributed by atoms with Crippen molar-refractivity contribution in [3.63, 3.8) is 0 Å². The Kier molecular flexibility index (Phi) is 6.55. The number of nitrogens with one attached hydrogen (secondary N) is 1. The second kappa shape index (κ2) is 9.87. The number of aromatic nitrogens is 1. The monoisotopic (exact) mass is 428 g/mol. The standard InChI is InChI=1S/C25H24N4O3/c1-18-16-20(9-10-23(18)32-21-8-5-14-26-17-21)27-24(30)11-12-25(31)29-15-13-22(28-29)19-6-3-2-4-7-19/h2-10,14,16-17H,11-13,15H2,1H3,(H,27,30). The first-order valence-corrected chi connectivity index (χ1v) is 10.5. The van der Waals surface area contributed by atoms with Gasteiger partial charge in [-0.1, -0.05) is 30.3 Å². The van der Waals surface area contributed by atoms with Gasteiger partial charge >= 0.3 is 0 Å². The average molecular weight is 428 g/mol. The number of carbonyl (C=O) groups is 2. The summed E-state index contributed by atoms with van der Waals surface area (Å²) in [6, 6.07) is 18.8. The van der Waals surface area contributed by atoms with Crippen molar-refractivity contribution in [1.82, 2.24) is 9.99 Å². The first-order valence-electron chi connectivity index (χ1n) is 10.5. The summed E-state index contributed by atoms with van der Waals surface area (Å²) in [5, 5.41) is 8.73. The van der Waals surface area contributed by atoms with Gasteiger partial charge in [-0.3, -0.25) is 14.6 Å². The molecule has 7 nitrogen and oxygen atoms in total. The molecule has 1 aliphatic heterocycles. The van der Waals surface area contributed by atoms with Gasteiger partial charge in [-0.15, -0.1) is 0 Å². The molecular weight excluding hydrogens is 404 g/mol. The third-order valence-electron chi connectivity index (χ3n) is 5.08. The van der Waals surface area contributed by atoms with E-state index in [0.29, 0.717) is 30.2 Å². The summed E-state index contributed by atoms with van der Waals surface area (Å²) < 4.78 is 5.81. The minimum Gasteiger partial charge on any atom is -0.455 e. The molecule has 1 aliphatic rings. The van der Waals surface area contributed by atoms with E-state index in [1.165, 1.54) is 5.01 Å². The quantitative estimate of drug-likeness (QED) is 0.599. The molecular formula is C25H24N4O3. The highest BCUT2D eigenvalue weighted by Gasteiger charge is 2.22. The van der Waals surface area contributed by atoms with Crippen molar-refractivity contribution in [2.45, 2.75) is 26.2 Å². The summed E-state index contributed by atoms with van der Waals surface area (Å²) in [5.74, 6) is 0.964. The Balaban J connectivity index is 1.28. The molecule has 2 heterocycles. The zero-order valence-electron chi connectivity index (χ0n) is 17.8. The molecule has 2 aromatic carbocycles. The van der Waals surface area contributed by atoms with Crippen molar-refractivity contribution in [3.05, 3.63) is 84.2 Å². The Morgan fingerprint density at radius 2 is 1.91 bits per heavy atom. The second-order valence-corrected chi connectivity index (χ2v) is 7.50. The topological polar surface area (TPSA) is 83.9 Å². The van der Waals surface area contributed by atoms with Crippen LogP contribution in [0.15, 0.2) is 78.2 Å². The van der Waals surface area contributed by atoms with Crippen LogP contribution in [-0.4, -0.2) is 34.1 Å². The molecule has 162 valence electrons. The normalized spacial score (nSPS) is 12.9. The summed E-state index contributed by atoms with van der Waals surface area (Å²) in [4.78, 5) is 28.8. The summed E-state index contributed by atoms with van der Waals surface area (Å²) in [6.45, 7) is 2.45. The van der Waals surface area contributed by atoms with E-state index in [2.05, 4.69) is 15.4 Å². The Labute approximate surface area is 186 Å². The van der Waals surface area contributed by atoms with E-state index in [9.17, 15) is 9.59 Å². The smallest absolute Gasteiger partial charge is 0.243 e. The molecule has 4 rings (SSSR count). The van der Waals surface area contributed by atoms with Crippen LogP contribution in [0.4, 0.5) is 5.69 Å². The molecule has 32 heavy (non-hydrogen) atoms. The first-order chi connectivity index (χ1) is 15.6. The van der Waals surface area contributed by atoms with Gasteiger partial charge in [0.15, 0.2) is 0 Å². The highest BCUT2D eigenvalue weighted by molar-refractivity contribution is 6.02. The maximum atomic E-state index is 12.5. The molecule has 0 atom stereocenters. The van der Waals surface area contributed by atoms with Gasteiger partial charge in [0.25, 0.3) is 0 Å². The van der Waals surface area contributed by atoms with E-state index in [-0.39, 0.29) is 24.7 Å². The van der Waals surface area contributed by atoms with E-state index < -0.39 is 0 Å². The van der Waals surface area contributed by atoms with Crippen molar-refractivity contribution in [2.24, 2.45) is 5.10 Å². The second-order valence-electron chi connectivity index (χ2n) is 7.50. The van der Waals surface area contributed by atoms with Gasteiger partial charge < -0.3 is 10.1 Å². The average Bonchev–Trinajstić information content (AvgIpc) is 3.31. The lowest BCUT2D eigenvalue weighted by Crippen LogP contribution is -2.25. The van der Waals surface area contributed by atoms with Crippen molar-refractivity contribution >= 4 is 23.2 Å². The molecule has 1 aromatic heterocycles. The van der Waals surface area contributed by atoms with Gasteiger partial charge in [0, 0.05) is 31.1 Å². The maximum absolute atomic E-state index is 12.5. The molecule has 0 bridgehead atoms.